The highest BCUT2D eigenvalue weighted by Crippen LogP contribution is 2.23. The second-order valence-electron chi connectivity index (χ2n) is 5.95. The van der Waals surface area contributed by atoms with Crippen LogP contribution in [0.15, 0.2) is 24.3 Å². The lowest BCUT2D eigenvalue weighted by atomic mass is 10.0. The average molecular weight is 351 g/mol. The van der Waals surface area contributed by atoms with Crippen molar-refractivity contribution in [2.75, 3.05) is 31.6 Å². The number of morpholine rings is 1. The molecule has 1 saturated heterocycles. The summed E-state index contributed by atoms with van der Waals surface area (Å²) >= 11 is 6.94. The van der Waals surface area contributed by atoms with E-state index in [2.05, 4.69) is 53.4 Å². The molecule has 0 amide bonds. The van der Waals surface area contributed by atoms with E-state index in [0.29, 0.717) is 5.92 Å². The number of nitrogens with one attached hydrogen (secondary N) is 1. The number of aromatic nitrogens is 2. The maximum Gasteiger partial charge on any atom is 0.209 e. The molecule has 0 aliphatic carbocycles. The number of hydrogen-bond donors (Lipinski definition) is 1. The molecule has 1 aromatic heterocycles. The van der Waals surface area contributed by atoms with E-state index >= 15 is 0 Å². The van der Waals surface area contributed by atoms with Crippen molar-refractivity contribution in [1.82, 2.24) is 14.7 Å². The van der Waals surface area contributed by atoms with Gasteiger partial charge in [0.05, 0.1) is 19.9 Å². The molecule has 2 heterocycles. The van der Waals surface area contributed by atoms with E-state index in [1.807, 2.05) is 4.68 Å². The van der Waals surface area contributed by atoms with Crippen LogP contribution < -0.4 is 5.32 Å². The average Bonchev–Trinajstić information content (AvgIpc) is 2.88. The predicted octanol–water partition coefficient (Wildman–Crippen LogP) is 3.83. The molecule has 7 heteroatoms. The van der Waals surface area contributed by atoms with Gasteiger partial charge in [-0.3, -0.25) is 4.90 Å². The molecule has 1 N–H and O–H groups in total. The van der Waals surface area contributed by atoms with Crippen molar-refractivity contribution >= 4 is 34.4 Å². The van der Waals surface area contributed by atoms with Crippen LogP contribution in [0, 0.1) is 3.95 Å². The van der Waals surface area contributed by atoms with Crippen LogP contribution in [0.4, 0.5) is 10.8 Å². The molecule has 0 spiro atoms. The van der Waals surface area contributed by atoms with Crippen LogP contribution in [0.1, 0.15) is 25.3 Å². The lowest BCUT2D eigenvalue weighted by Gasteiger charge is -2.26. The van der Waals surface area contributed by atoms with Gasteiger partial charge in [0.1, 0.15) is 0 Å². The van der Waals surface area contributed by atoms with Crippen molar-refractivity contribution in [3.63, 3.8) is 0 Å². The van der Waals surface area contributed by atoms with E-state index in [9.17, 15) is 0 Å². The molecule has 0 saturated carbocycles. The van der Waals surface area contributed by atoms with Gasteiger partial charge in [-0.25, -0.2) is 4.68 Å². The van der Waals surface area contributed by atoms with Gasteiger partial charge in [0.15, 0.2) is 3.95 Å². The Balaban J connectivity index is 1.66. The third kappa shape index (κ3) is 4.38. The Kier molecular flexibility index (Phi) is 5.42. The molecule has 1 fully saturated rings. The molecule has 1 aromatic carbocycles. The maximum absolute atomic E-state index is 5.43. The molecular weight excluding hydrogens is 328 g/mol. The summed E-state index contributed by atoms with van der Waals surface area (Å²) in [4.78, 5) is 2.31. The van der Waals surface area contributed by atoms with Gasteiger partial charge in [-0.1, -0.05) is 37.3 Å². The molecule has 0 bridgehead atoms. The molecule has 1 aliphatic rings. The zero-order valence-electron chi connectivity index (χ0n) is 13.5. The van der Waals surface area contributed by atoms with E-state index in [1.165, 1.54) is 16.9 Å². The molecule has 1 aliphatic heterocycles. The van der Waals surface area contributed by atoms with Crippen LogP contribution in [-0.4, -0.2) is 41.0 Å². The molecule has 0 unspecified atom stereocenters. The second kappa shape index (κ2) is 7.53. The lowest BCUT2D eigenvalue weighted by Crippen LogP contribution is -2.37. The Morgan fingerprint density at radius 2 is 1.96 bits per heavy atom. The monoisotopic (exact) mass is 350 g/mol. The summed E-state index contributed by atoms with van der Waals surface area (Å²) in [7, 11) is 0. The Bertz CT molecular complexity index is 687. The molecule has 2 aromatic rings. The van der Waals surface area contributed by atoms with Crippen molar-refractivity contribution in [3.05, 3.63) is 33.8 Å². The Morgan fingerprint density at radius 3 is 2.61 bits per heavy atom. The number of anilines is 2. The van der Waals surface area contributed by atoms with Crippen LogP contribution in [0.3, 0.4) is 0 Å². The van der Waals surface area contributed by atoms with E-state index in [4.69, 9.17) is 17.0 Å². The highest BCUT2D eigenvalue weighted by atomic mass is 32.1. The lowest BCUT2D eigenvalue weighted by molar-refractivity contribution is 0.0212. The standard InChI is InChI=1S/C16H22N4OS2/c1-12(2)13-3-5-14(6-4-13)17-15-18-20(16(22)23-15)11-19-7-9-21-10-8-19/h3-6,12H,7-11H2,1-2H3,(H,17,18). The number of benzene rings is 1. The smallest absolute Gasteiger partial charge is 0.209 e. The summed E-state index contributed by atoms with van der Waals surface area (Å²) in [6.45, 7) is 8.54. The third-order valence-electron chi connectivity index (χ3n) is 3.87. The number of ether oxygens (including phenoxy) is 1. The molecule has 0 atom stereocenters. The highest BCUT2D eigenvalue weighted by molar-refractivity contribution is 7.73. The summed E-state index contributed by atoms with van der Waals surface area (Å²) in [6, 6.07) is 8.48. The topological polar surface area (TPSA) is 42.3 Å². The van der Waals surface area contributed by atoms with Crippen molar-refractivity contribution in [1.29, 1.82) is 0 Å². The van der Waals surface area contributed by atoms with Crippen molar-refractivity contribution in [2.24, 2.45) is 0 Å². The number of nitrogens with zero attached hydrogens (tertiary/aromatic N) is 3. The number of hydrogen-bond acceptors (Lipinski definition) is 6. The van der Waals surface area contributed by atoms with E-state index < -0.39 is 0 Å². The molecule has 3 rings (SSSR count). The Labute approximate surface area is 145 Å². The Morgan fingerprint density at radius 1 is 1.26 bits per heavy atom. The van der Waals surface area contributed by atoms with Gasteiger partial charge in [0, 0.05) is 18.8 Å². The van der Waals surface area contributed by atoms with Gasteiger partial charge in [-0.05, 0) is 35.8 Å². The SMILES string of the molecule is CC(C)c1ccc(Nc2nn(CN3CCOCC3)c(=S)s2)cc1. The van der Waals surface area contributed by atoms with Gasteiger partial charge < -0.3 is 10.1 Å². The first-order valence-electron chi connectivity index (χ1n) is 7.87. The zero-order valence-corrected chi connectivity index (χ0v) is 15.1. The maximum atomic E-state index is 5.43. The summed E-state index contributed by atoms with van der Waals surface area (Å²) in [5.74, 6) is 0.541. The van der Waals surface area contributed by atoms with E-state index in [-0.39, 0.29) is 0 Å². The fraction of sp³-hybridized carbons (Fsp3) is 0.500. The molecular formula is C16H22N4OS2. The summed E-state index contributed by atoms with van der Waals surface area (Å²) in [5.41, 5.74) is 2.37. The van der Waals surface area contributed by atoms with Crippen molar-refractivity contribution < 1.29 is 4.74 Å². The first-order chi connectivity index (χ1) is 11.1. The van der Waals surface area contributed by atoms with Crippen LogP contribution in [-0.2, 0) is 11.4 Å². The van der Waals surface area contributed by atoms with Gasteiger partial charge in [0.2, 0.25) is 5.13 Å². The molecule has 0 radical (unpaired) electrons. The van der Waals surface area contributed by atoms with Crippen molar-refractivity contribution in [3.8, 4) is 0 Å². The van der Waals surface area contributed by atoms with Crippen molar-refractivity contribution in [2.45, 2.75) is 26.4 Å². The van der Waals surface area contributed by atoms with E-state index in [0.717, 1.165) is 47.7 Å². The molecule has 124 valence electrons. The predicted molar refractivity (Wildman–Crippen MR) is 97.1 cm³/mol. The molecule has 23 heavy (non-hydrogen) atoms. The quantitative estimate of drug-likeness (QED) is 0.830. The van der Waals surface area contributed by atoms with Crippen LogP contribution in [0.25, 0.3) is 0 Å². The normalized spacial score (nSPS) is 16.0. The zero-order chi connectivity index (χ0) is 16.2. The van der Waals surface area contributed by atoms with Crippen LogP contribution >= 0.6 is 23.6 Å². The Hall–Kier alpha value is -1.28. The second-order valence-corrected chi connectivity index (χ2v) is 7.57. The first kappa shape index (κ1) is 16.6. The van der Waals surface area contributed by atoms with E-state index in [1.54, 1.807) is 0 Å². The fourth-order valence-corrected chi connectivity index (χ4v) is 3.47. The first-order valence-corrected chi connectivity index (χ1v) is 9.09. The third-order valence-corrected chi connectivity index (χ3v) is 5.10. The minimum atomic E-state index is 0.541. The largest absolute Gasteiger partial charge is 0.379 e. The van der Waals surface area contributed by atoms with Crippen LogP contribution in [0.2, 0.25) is 0 Å². The fourth-order valence-electron chi connectivity index (χ4n) is 2.45. The molecule has 5 nitrogen and oxygen atoms in total. The van der Waals surface area contributed by atoms with Gasteiger partial charge in [-0.2, -0.15) is 0 Å². The highest BCUT2D eigenvalue weighted by Gasteiger charge is 2.13. The summed E-state index contributed by atoms with van der Waals surface area (Å²) in [5, 5.41) is 8.77. The minimum absolute atomic E-state index is 0.541. The number of rotatable bonds is 5. The van der Waals surface area contributed by atoms with Gasteiger partial charge in [-0.15, -0.1) is 5.10 Å². The van der Waals surface area contributed by atoms with Gasteiger partial charge >= 0.3 is 0 Å². The summed E-state index contributed by atoms with van der Waals surface area (Å²) < 4.78 is 8.05. The van der Waals surface area contributed by atoms with Crippen LogP contribution in [0.5, 0.6) is 0 Å². The summed E-state index contributed by atoms with van der Waals surface area (Å²) in [6.07, 6.45) is 0. The van der Waals surface area contributed by atoms with Gasteiger partial charge in [0.25, 0.3) is 0 Å². The minimum Gasteiger partial charge on any atom is -0.379 e.